The molecule has 0 amide bonds. The summed E-state index contributed by atoms with van der Waals surface area (Å²) in [5, 5.41) is 11.3. The highest BCUT2D eigenvalue weighted by Gasteiger charge is 2.36. The Morgan fingerprint density at radius 3 is 2.03 bits per heavy atom. The highest BCUT2D eigenvalue weighted by Crippen LogP contribution is 2.38. The molecule has 176 valence electrons. The van der Waals surface area contributed by atoms with Crippen molar-refractivity contribution < 1.29 is 32.4 Å². The summed E-state index contributed by atoms with van der Waals surface area (Å²) in [6.07, 6.45) is 9.04. The highest BCUT2D eigenvalue weighted by molar-refractivity contribution is 6.60. The summed E-state index contributed by atoms with van der Waals surface area (Å²) in [6, 6.07) is 3.90. The number of nitro groups is 1. The summed E-state index contributed by atoms with van der Waals surface area (Å²) >= 11 is 0. The molecule has 1 aliphatic rings. The largest absolute Gasteiger partial charge is 0.500 e. The van der Waals surface area contributed by atoms with Crippen LogP contribution < -0.4 is 9.47 Å². The molecule has 1 aromatic rings. The molecule has 0 radical (unpaired) electrons. The predicted octanol–water partition coefficient (Wildman–Crippen LogP) is 4.84. The monoisotopic (exact) mass is 457 g/mol. The van der Waals surface area contributed by atoms with Crippen LogP contribution in [0.5, 0.6) is 11.5 Å². The van der Waals surface area contributed by atoms with Gasteiger partial charge in [-0.1, -0.05) is 38.5 Å². The van der Waals surface area contributed by atoms with Gasteiger partial charge in [0.05, 0.1) is 23.2 Å². The summed E-state index contributed by atoms with van der Waals surface area (Å²) in [5.74, 6) is 0.942. The number of hydrogen-bond donors (Lipinski definition) is 0. The molecule has 0 spiro atoms. The first-order chi connectivity index (χ1) is 15.0. The van der Waals surface area contributed by atoms with E-state index in [1.807, 2.05) is 0 Å². The lowest BCUT2D eigenvalue weighted by atomic mass is 10.1. The third-order valence-corrected chi connectivity index (χ3v) is 8.31. The van der Waals surface area contributed by atoms with Crippen LogP contribution in [0.25, 0.3) is 0 Å². The first kappa shape index (κ1) is 25.5. The zero-order chi connectivity index (χ0) is 22.5. The molecule has 0 N–H and O–H groups in total. The van der Waals surface area contributed by atoms with Gasteiger partial charge in [0.1, 0.15) is 0 Å². The van der Waals surface area contributed by atoms with Crippen molar-refractivity contribution in [2.24, 2.45) is 0 Å². The van der Waals surface area contributed by atoms with Crippen molar-refractivity contribution >= 4 is 14.5 Å². The number of nitrogens with zero attached hydrogens (tertiary/aromatic N) is 1. The fraction of sp³-hybridized carbons (Fsp3) is 0.714. The summed E-state index contributed by atoms with van der Waals surface area (Å²) in [4.78, 5) is 10.8. The van der Waals surface area contributed by atoms with Crippen molar-refractivity contribution in [2.75, 3.05) is 34.7 Å². The number of benzene rings is 1. The van der Waals surface area contributed by atoms with Crippen molar-refractivity contribution in [3.05, 3.63) is 27.8 Å². The quantitative estimate of drug-likeness (QED) is 0.142. The van der Waals surface area contributed by atoms with Gasteiger partial charge >= 0.3 is 8.80 Å². The van der Waals surface area contributed by atoms with Crippen LogP contribution in [0.3, 0.4) is 0 Å². The van der Waals surface area contributed by atoms with Crippen LogP contribution >= 0.6 is 0 Å². The molecular weight excluding hydrogens is 422 g/mol. The van der Waals surface area contributed by atoms with Gasteiger partial charge in [-0.2, -0.15) is 0 Å². The summed E-state index contributed by atoms with van der Waals surface area (Å²) in [6.45, 7) is 0.873. The Hall–Kier alpha value is -1.72. The van der Waals surface area contributed by atoms with Gasteiger partial charge in [-0.3, -0.25) is 10.1 Å². The van der Waals surface area contributed by atoms with E-state index in [4.69, 9.17) is 27.5 Å². The van der Waals surface area contributed by atoms with Crippen LogP contribution in [0.2, 0.25) is 6.04 Å². The van der Waals surface area contributed by atoms with Gasteiger partial charge in [-0.25, -0.2) is 0 Å². The zero-order valence-corrected chi connectivity index (χ0v) is 19.9. The minimum Gasteiger partial charge on any atom is -0.454 e. The summed E-state index contributed by atoms with van der Waals surface area (Å²) < 4.78 is 32.5. The van der Waals surface area contributed by atoms with E-state index in [0.29, 0.717) is 23.7 Å². The van der Waals surface area contributed by atoms with E-state index in [-0.39, 0.29) is 19.1 Å². The Labute approximate surface area is 185 Å². The van der Waals surface area contributed by atoms with E-state index in [9.17, 15) is 10.1 Å². The molecule has 1 aromatic carbocycles. The predicted molar refractivity (Wildman–Crippen MR) is 117 cm³/mol. The smallest absolute Gasteiger partial charge is 0.454 e. The molecule has 0 aromatic heterocycles. The Balaban J connectivity index is 1.51. The van der Waals surface area contributed by atoms with Gasteiger partial charge in [0.25, 0.3) is 5.69 Å². The maximum atomic E-state index is 11.3. The van der Waals surface area contributed by atoms with E-state index in [1.165, 1.54) is 31.7 Å². The van der Waals surface area contributed by atoms with Crippen LogP contribution in [-0.2, 0) is 24.6 Å². The number of ether oxygens (including phenoxy) is 3. The van der Waals surface area contributed by atoms with E-state index in [0.717, 1.165) is 31.7 Å². The second-order valence-corrected chi connectivity index (χ2v) is 10.6. The molecule has 0 aliphatic carbocycles. The lowest BCUT2D eigenvalue weighted by Gasteiger charge is -2.24. The van der Waals surface area contributed by atoms with Crippen molar-refractivity contribution in [3.63, 3.8) is 0 Å². The maximum absolute atomic E-state index is 11.3. The van der Waals surface area contributed by atoms with Gasteiger partial charge < -0.3 is 27.5 Å². The van der Waals surface area contributed by atoms with Gasteiger partial charge in [-0.05, 0) is 18.9 Å². The van der Waals surface area contributed by atoms with Gasteiger partial charge in [-0.15, -0.1) is 0 Å². The fourth-order valence-corrected chi connectivity index (χ4v) is 5.40. The Morgan fingerprint density at radius 2 is 1.45 bits per heavy atom. The van der Waals surface area contributed by atoms with E-state index < -0.39 is 13.7 Å². The van der Waals surface area contributed by atoms with Gasteiger partial charge in [0, 0.05) is 34.0 Å². The third-order valence-electron chi connectivity index (χ3n) is 5.48. The average Bonchev–Trinajstić information content (AvgIpc) is 3.24. The Bertz CT molecular complexity index is 675. The number of rotatable bonds is 17. The van der Waals surface area contributed by atoms with E-state index in [2.05, 4.69) is 0 Å². The lowest BCUT2D eigenvalue weighted by Crippen LogP contribution is -2.42. The third kappa shape index (κ3) is 8.04. The second-order valence-electron chi connectivity index (χ2n) is 7.52. The van der Waals surface area contributed by atoms with Gasteiger partial charge in [0.15, 0.2) is 11.5 Å². The van der Waals surface area contributed by atoms with Crippen molar-refractivity contribution in [2.45, 2.75) is 64.0 Å². The molecule has 0 fully saturated rings. The maximum Gasteiger partial charge on any atom is 0.500 e. The topological polar surface area (TPSA) is 98.5 Å². The van der Waals surface area contributed by atoms with Crippen molar-refractivity contribution in [1.29, 1.82) is 0 Å². The molecule has 1 heterocycles. The van der Waals surface area contributed by atoms with Crippen molar-refractivity contribution in [3.8, 4) is 11.5 Å². The SMILES string of the molecule is CO[Si](CCCCCCCCCCOCc1cc2c(cc1[N+](=O)[O-])OCO2)(OC)OC. The summed E-state index contributed by atoms with van der Waals surface area (Å²) in [7, 11) is 2.54. The number of nitro benzene ring substituents is 1. The van der Waals surface area contributed by atoms with Gasteiger partial charge in [0.2, 0.25) is 6.79 Å². The Kier molecular flexibility index (Phi) is 11.2. The standard InChI is InChI=1S/C21H35NO8Si/c1-25-31(26-2,27-3)13-11-9-7-5-4-6-8-10-12-28-16-18-14-20-21(30-17-29-20)15-19(18)22(23)24/h14-15H,4-13,16-17H2,1-3H3. The molecule has 2 rings (SSSR count). The molecular formula is C21H35NO8Si. The van der Waals surface area contributed by atoms with Crippen LogP contribution in [0.15, 0.2) is 12.1 Å². The highest BCUT2D eigenvalue weighted by atomic mass is 28.4. The van der Waals surface area contributed by atoms with E-state index >= 15 is 0 Å². The molecule has 9 nitrogen and oxygen atoms in total. The average molecular weight is 458 g/mol. The van der Waals surface area contributed by atoms with Crippen LogP contribution in [0.4, 0.5) is 5.69 Å². The van der Waals surface area contributed by atoms with Crippen molar-refractivity contribution in [1.82, 2.24) is 0 Å². The lowest BCUT2D eigenvalue weighted by molar-refractivity contribution is -0.386. The molecule has 0 saturated heterocycles. The number of hydrogen-bond acceptors (Lipinski definition) is 8. The first-order valence-corrected chi connectivity index (χ1v) is 12.8. The molecule has 0 saturated carbocycles. The summed E-state index contributed by atoms with van der Waals surface area (Å²) in [5.41, 5.74) is 0.516. The minimum atomic E-state index is -2.42. The van der Waals surface area contributed by atoms with Crippen LogP contribution in [-0.4, -0.2) is 48.5 Å². The second kappa shape index (κ2) is 13.6. The molecule has 0 atom stereocenters. The molecule has 10 heteroatoms. The first-order valence-electron chi connectivity index (χ1n) is 10.9. The molecule has 0 unspecified atom stereocenters. The van der Waals surface area contributed by atoms with E-state index in [1.54, 1.807) is 27.4 Å². The molecule has 0 bridgehead atoms. The number of fused-ring (bicyclic) bond motifs is 1. The van der Waals surface area contributed by atoms with Crippen LogP contribution in [0.1, 0.15) is 56.9 Å². The van der Waals surface area contributed by atoms with Crippen LogP contribution in [0, 0.1) is 10.1 Å². The zero-order valence-electron chi connectivity index (χ0n) is 18.9. The molecule has 31 heavy (non-hydrogen) atoms. The normalized spacial score (nSPS) is 13.0. The fourth-order valence-electron chi connectivity index (χ4n) is 3.60. The molecule has 1 aliphatic heterocycles. The Morgan fingerprint density at radius 1 is 0.903 bits per heavy atom. The number of unbranched alkanes of at least 4 members (excludes halogenated alkanes) is 7. The minimum absolute atomic E-state index is 0.00524.